The number of nitrogens with zero attached hydrogens (tertiary/aromatic N) is 2. The summed E-state index contributed by atoms with van der Waals surface area (Å²) >= 11 is 0. The van der Waals surface area contributed by atoms with Crippen LogP contribution in [0.3, 0.4) is 0 Å². The molecular weight excluding hydrogens is 308 g/mol. The van der Waals surface area contributed by atoms with Gasteiger partial charge in [-0.3, -0.25) is 0 Å². The lowest BCUT2D eigenvalue weighted by molar-refractivity contribution is 0.179. The zero-order chi connectivity index (χ0) is 17.1. The summed E-state index contributed by atoms with van der Waals surface area (Å²) in [7, 11) is 1.72. The third-order valence-electron chi connectivity index (χ3n) is 6.04. The first kappa shape index (κ1) is 16.3. The summed E-state index contributed by atoms with van der Waals surface area (Å²) in [5, 5.41) is 0. The van der Waals surface area contributed by atoms with Gasteiger partial charge in [0.2, 0.25) is 0 Å². The maximum Gasteiger partial charge on any atom is 0.119 e. The number of rotatable bonds is 3. The van der Waals surface area contributed by atoms with Crippen molar-refractivity contribution >= 4 is 11.4 Å². The van der Waals surface area contributed by atoms with Crippen LogP contribution in [0.15, 0.2) is 54.6 Å². The number of piperidine rings is 2. The summed E-state index contributed by atoms with van der Waals surface area (Å²) < 4.78 is 5.28. The molecule has 0 atom stereocenters. The van der Waals surface area contributed by atoms with Crippen molar-refractivity contribution in [3.63, 3.8) is 0 Å². The van der Waals surface area contributed by atoms with Gasteiger partial charge >= 0.3 is 0 Å². The monoisotopic (exact) mass is 336 g/mol. The van der Waals surface area contributed by atoms with Crippen LogP contribution >= 0.6 is 0 Å². The summed E-state index contributed by atoms with van der Waals surface area (Å²) in [6.45, 7) is 4.74. The summed E-state index contributed by atoms with van der Waals surface area (Å²) in [4.78, 5) is 5.14. The van der Waals surface area contributed by atoms with Crippen molar-refractivity contribution in [2.24, 2.45) is 5.41 Å². The third kappa shape index (κ3) is 3.46. The molecular formula is C22H28N2O. The van der Waals surface area contributed by atoms with Crippen molar-refractivity contribution in [2.75, 3.05) is 43.1 Å². The maximum atomic E-state index is 5.28. The van der Waals surface area contributed by atoms with Gasteiger partial charge in [-0.15, -0.1) is 0 Å². The van der Waals surface area contributed by atoms with Gasteiger partial charge in [-0.05, 0) is 67.5 Å². The average Bonchev–Trinajstić information content (AvgIpc) is 2.69. The molecule has 25 heavy (non-hydrogen) atoms. The first-order chi connectivity index (χ1) is 12.3. The Morgan fingerprint density at radius 2 is 1.44 bits per heavy atom. The Bertz CT molecular complexity index is 675. The van der Waals surface area contributed by atoms with Crippen molar-refractivity contribution in [3.8, 4) is 5.75 Å². The molecule has 2 saturated heterocycles. The Labute approximate surface area is 151 Å². The third-order valence-corrected chi connectivity index (χ3v) is 6.04. The standard InChI is InChI=1S/C22H28N2O/c1-25-21-10-8-20(9-11-21)23-16-13-22(14-17-23)12-5-15-24(18-22)19-6-3-2-4-7-19/h2-4,6-11H,5,12-18H2,1H3. The minimum atomic E-state index is 0.497. The van der Waals surface area contributed by atoms with Crippen molar-refractivity contribution in [1.82, 2.24) is 0 Å². The molecule has 0 amide bonds. The van der Waals surface area contributed by atoms with E-state index in [0.29, 0.717) is 5.41 Å². The predicted octanol–water partition coefficient (Wildman–Crippen LogP) is 4.58. The van der Waals surface area contributed by atoms with Crippen LogP contribution in [0.2, 0.25) is 0 Å². The van der Waals surface area contributed by atoms with E-state index in [4.69, 9.17) is 4.74 Å². The molecule has 4 rings (SSSR count). The smallest absolute Gasteiger partial charge is 0.119 e. The molecule has 3 nitrogen and oxygen atoms in total. The lowest BCUT2D eigenvalue weighted by Crippen LogP contribution is -2.49. The Morgan fingerprint density at radius 1 is 0.760 bits per heavy atom. The van der Waals surface area contributed by atoms with E-state index in [2.05, 4.69) is 64.4 Å². The highest BCUT2D eigenvalue weighted by Crippen LogP contribution is 2.42. The Hall–Kier alpha value is -2.16. The van der Waals surface area contributed by atoms with Gasteiger partial charge in [-0.25, -0.2) is 0 Å². The Kier molecular flexibility index (Phi) is 4.56. The largest absolute Gasteiger partial charge is 0.497 e. The van der Waals surface area contributed by atoms with Gasteiger partial charge in [0, 0.05) is 37.6 Å². The van der Waals surface area contributed by atoms with Crippen molar-refractivity contribution in [1.29, 1.82) is 0 Å². The topological polar surface area (TPSA) is 15.7 Å². The van der Waals surface area contributed by atoms with Gasteiger partial charge in [-0.2, -0.15) is 0 Å². The fourth-order valence-electron chi connectivity index (χ4n) is 4.51. The summed E-state index contributed by atoms with van der Waals surface area (Å²) in [5.74, 6) is 0.933. The van der Waals surface area contributed by atoms with E-state index in [0.717, 1.165) is 18.8 Å². The van der Waals surface area contributed by atoms with Crippen LogP contribution in [0, 0.1) is 5.41 Å². The fourth-order valence-corrected chi connectivity index (χ4v) is 4.51. The van der Waals surface area contributed by atoms with Crippen LogP contribution in [-0.2, 0) is 0 Å². The second kappa shape index (κ2) is 6.99. The highest BCUT2D eigenvalue weighted by molar-refractivity contribution is 5.50. The van der Waals surface area contributed by atoms with Gasteiger partial charge < -0.3 is 14.5 Å². The molecule has 132 valence electrons. The number of ether oxygens (including phenoxy) is 1. The normalized spacial score (nSPS) is 19.9. The number of hydrogen-bond donors (Lipinski definition) is 0. The molecule has 0 N–H and O–H groups in total. The molecule has 0 saturated carbocycles. The fraction of sp³-hybridized carbons (Fsp3) is 0.455. The van der Waals surface area contributed by atoms with Crippen LogP contribution in [0.25, 0.3) is 0 Å². The highest BCUT2D eigenvalue weighted by Gasteiger charge is 2.38. The highest BCUT2D eigenvalue weighted by atomic mass is 16.5. The molecule has 2 heterocycles. The van der Waals surface area contributed by atoms with Gasteiger partial charge in [0.25, 0.3) is 0 Å². The SMILES string of the molecule is COc1ccc(N2CCC3(CCCN(c4ccccc4)C3)CC2)cc1. The molecule has 0 aromatic heterocycles. The number of hydrogen-bond acceptors (Lipinski definition) is 3. The van der Waals surface area contributed by atoms with Crippen LogP contribution in [-0.4, -0.2) is 33.3 Å². The summed E-state index contributed by atoms with van der Waals surface area (Å²) in [6.07, 6.45) is 5.29. The van der Waals surface area contributed by atoms with Crippen LogP contribution in [0.1, 0.15) is 25.7 Å². The van der Waals surface area contributed by atoms with E-state index in [9.17, 15) is 0 Å². The summed E-state index contributed by atoms with van der Waals surface area (Å²) in [5.41, 5.74) is 3.21. The minimum Gasteiger partial charge on any atom is -0.497 e. The lowest BCUT2D eigenvalue weighted by Gasteiger charge is -2.49. The van der Waals surface area contributed by atoms with E-state index < -0.39 is 0 Å². The molecule has 2 aliphatic heterocycles. The average molecular weight is 336 g/mol. The van der Waals surface area contributed by atoms with Crippen LogP contribution < -0.4 is 14.5 Å². The van der Waals surface area contributed by atoms with Crippen molar-refractivity contribution in [2.45, 2.75) is 25.7 Å². The molecule has 2 aromatic rings. The van der Waals surface area contributed by atoms with Gasteiger partial charge in [0.05, 0.1) is 7.11 Å². The minimum absolute atomic E-state index is 0.497. The van der Waals surface area contributed by atoms with Gasteiger partial charge in [0.1, 0.15) is 5.75 Å². The first-order valence-corrected chi connectivity index (χ1v) is 9.47. The Morgan fingerprint density at radius 3 is 2.12 bits per heavy atom. The molecule has 2 fully saturated rings. The molecule has 0 radical (unpaired) electrons. The first-order valence-electron chi connectivity index (χ1n) is 9.47. The number of para-hydroxylation sites is 1. The molecule has 2 aromatic carbocycles. The predicted molar refractivity (Wildman–Crippen MR) is 105 cm³/mol. The van der Waals surface area contributed by atoms with E-state index in [1.165, 1.54) is 50.1 Å². The van der Waals surface area contributed by atoms with Crippen LogP contribution in [0.4, 0.5) is 11.4 Å². The quantitative estimate of drug-likeness (QED) is 0.816. The van der Waals surface area contributed by atoms with Gasteiger partial charge in [-0.1, -0.05) is 18.2 Å². The second-order valence-electron chi connectivity index (χ2n) is 7.55. The number of methoxy groups -OCH3 is 1. The van der Waals surface area contributed by atoms with Crippen LogP contribution in [0.5, 0.6) is 5.75 Å². The van der Waals surface area contributed by atoms with E-state index in [1.807, 2.05) is 0 Å². The molecule has 0 aliphatic carbocycles. The number of anilines is 2. The van der Waals surface area contributed by atoms with Crippen molar-refractivity contribution < 1.29 is 4.74 Å². The van der Waals surface area contributed by atoms with Crippen molar-refractivity contribution in [3.05, 3.63) is 54.6 Å². The maximum absolute atomic E-state index is 5.28. The second-order valence-corrected chi connectivity index (χ2v) is 7.55. The van der Waals surface area contributed by atoms with Gasteiger partial charge in [0.15, 0.2) is 0 Å². The molecule has 3 heteroatoms. The zero-order valence-corrected chi connectivity index (χ0v) is 15.2. The molecule has 0 bridgehead atoms. The number of benzene rings is 2. The van der Waals surface area contributed by atoms with E-state index >= 15 is 0 Å². The molecule has 0 unspecified atom stereocenters. The molecule has 2 aliphatic rings. The zero-order valence-electron chi connectivity index (χ0n) is 15.2. The molecule has 1 spiro atoms. The lowest BCUT2D eigenvalue weighted by atomic mass is 9.72. The van der Waals surface area contributed by atoms with E-state index in [1.54, 1.807) is 7.11 Å². The van der Waals surface area contributed by atoms with E-state index in [-0.39, 0.29) is 0 Å². The Balaban J connectivity index is 1.41. The summed E-state index contributed by atoms with van der Waals surface area (Å²) in [6, 6.07) is 19.4.